The Morgan fingerprint density at radius 2 is 2.09 bits per heavy atom. The summed E-state index contributed by atoms with van der Waals surface area (Å²) >= 11 is 0. The lowest BCUT2D eigenvalue weighted by Crippen LogP contribution is -2.40. The van der Waals surface area contributed by atoms with Crippen molar-refractivity contribution >= 4 is 15.9 Å². The van der Waals surface area contributed by atoms with Crippen molar-refractivity contribution < 1.29 is 13.2 Å². The summed E-state index contributed by atoms with van der Waals surface area (Å²) < 4.78 is 25.6. The van der Waals surface area contributed by atoms with Crippen molar-refractivity contribution in [2.24, 2.45) is 5.92 Å². The average molecular weight is 326 g/mol. The lowest BCUT2D eigenvalue weighted by atomic mass is 9.99. The van der Waals surface area contributed by atoms with Crippen LogP contribution in [0.2, 0.25) is 0 Å². The van der Waals surface area contributed by atoms with Crippen molar-refractivity contribution in [3.63, 3.8) is 0 Å². The molecule has 7 nitrogen and oxygen atoms in total. The third-order valence-electron chi connectivity index (χ3n) is 3.75. The first kappa shape index (κ1) is 16.8. The van der Waals surface area contributed by atoms with Gasteiger partial charge in [-0.05, 0) is 19.3 Å². The van der Waals surface area contributed by atoms with Crippen LogP contribution in [-0.4, -0.2) is 54.6 Å². The molecule has 22 heavy (non-hydrogen) atoms. The molecule has 2 atom stereocenters. The summed E-state index contributed by atoms with van der Waals surface area (Å²) in [7, 11) is -3.29. The lowest BCUT2D eigenvalue weighted by Gasteiger charge is -2.17. The van der Waals surface area contributed by atoms with E-state index >= 15 is 0 Å². The molecular weight excluding hydrogens is 304 g/mol. The summed E-state index contributed by atoms with van der Waals surface area (Å²) in [4.78, 5) is 22.3. The minimum Gasteiger partial charge on any atom is -0.335 e. The Balaban J connectivity index is 2.12. The Morgan fingerprint density at radius 3 is 2.64 bits per heavy atom. The molecule has 2 heterocycles. The minimum atomic E-state index is -3.29. The second kappa shape index (κ2) is 6.70. The number of aromatic nitrogens is 2. The summed E-state index contributed by atoms with van der Waals surface area (Å²) in [5.41, 5.74) is 1.04. The number of rotatable bonds is 5. The van der Waals surface area contributed by atoms with Gasteiger partial charge in [0.05, 0.1) is 18.1 Å². The molecule has 1 aliphatic rings. The van der Waals surface area contributed by atoms with Crippen LogP contribution in [0.1, 0.15) is 35.9 Å². The average Bonchev–Trinajstić information content (AvgIpc) is 2.80. The van der Waals surface area contributed by atoms with E-state index in [4.69, 9.17) is 0 Å². The van der Waals surface area contributed by atoms with Crippen molar-refractivity contribution in [2.45, 2.75) is 32.7 Å². The van der Waals surface area contributed by atoms with Gasteiger partial charge < -0.3 is 4.90 Å². The Morgan fingerprint density at radius 1 is 1.36 bits per heavy atom. The fraction of sp³-hybridized carbons (Fsp3) is 0.643. The van der Waals surface area contributed by atoms with Crippen LogP contribution in [0.15, 0.2) is 12.4 Å². The number of nitrogens with zero attached hydrogens (tertiary/aromatic N) is 3. The number of sulfonamides is 1. The monoisotopic (exact) mass is 326 g/mol. The minimum absolute atomic E-state index is 0.127. The number of nitrogens with one attached hydrogen (secondary N) is 1. The smallest absolute Gasteiger partial charge is 0.274 e. The molecule has 0 aliphatic carbocycles. The number of carbonyl (C=O) groups excluding carboxylic acids is 1. The molecule has 1 aromatic heterocycles. The highest BCUT2D eigenvalue weighted by atomic mass is 32.2. The van der Waals surface area contributed by atoms with Crippen LogP contribution in [0.3, 0.4) is 0 Å². The molecule has 1 N–H and O–H groups in total. The second-order valence-electron chi connectivity index (χ2n) is 5.80. The van der Waals surface area contributed by atoms with Crippen LogP contribution < -0.4 is 4.72 Å². The number of hydrogen-bond donors (Lipinski definition) is 1. The van der Waals surface area contributed by atoms with Gasteiger partial charge in [0.2, 0.25) is 10.0 Å². The summed E-state index contributed by atoms with van der Waals surface area (Å²) in [6.45, 7) is 4.76. The van der Waals surface area contributed by atoms with Crippen LogP contribution >= 0.6 is 0 Å². The molecule has 1 aromatic rings. The van der Waals surface area contributed by atoms with Gasteiger partial charge in [0.25, 0.3) is 5.91 Å². The largest absolute Gasteiger partial charge is 0.335 e. The van der Waals surface area contributed by atoms with Crippen LogP contribution in [0, 0.1) is 12.8 Å². The van der Waals surface area contributed by atoms with E-state index in [2.05, 4.69) is 14.7 Å². The standard InChI is InChI=1S/C14H22N4O3S/c1-4-5-11-8-18(9-13(11)17-22(3,20)21)14(19)12-7-15-10(2)6-16-12/h6-7,11,13,17H,4-5,8-9H2,1-3H3/t11-,13-/m0/s1. The highest BCUT2D eigenvalue weighted by Crippen LogP contribution is 2.23. The molecular formula is C14H22N4O3S. The van der Waals surface area contributed by atoms with E-state index in [1.807, 2.05) is 6.92 Å². The fourth-order valence-corrected chi connectivity index (χ4v) is 3.59. The van der Waals surface area contributed by atoms with Gasteiger partial charge in [-0.3, -0.25) is 9.78 Å². The van der Waals surface area contributed by atoms with Crippen molar-refractivity contribution in [2.75, 3.05) is 19.3 Å². The number of likely N-dealkylation sites (tertiary alicyclic amines) is 1. The molecule has 1 aliphatic heterocycles. The number of amides is 1. The first-order valence-corrected chi connectivity index (χ1v) is 9.24. The SMILES string of the molecule is CCC[C@H]1CN(C(=O)c2cnc(C)cn2)C[C@@H]1NS(C)(=O)=O. The van der Waals surface area contributed by atoms with Crippen LogP contribution in [0.25, 0.3) is 0 Å². The summed E-state index contributed by atoms with van der Waals surface area (Å²) in [5, 5.41) is 0. The number of carbonyl (C=O) groups is 1. The molecule has 0 spiro atoms. The maximum Gasteiger partial charge on any atom is 0.274 e. The normalized spacial score (nSPS) is 22.0. The van der Waals surface area contributed by atoms with E-state index in [1.165, 1.54) is 6.20 Å². The van der Waals surface area contributed by atoms with Gasteiger partial charge in [-0.25, -0.2) is 18.1 Å². The van der Waals surface area contributed by atoms with Gasteiger partial charge in [0, 0.05) is 25.3 Å². The van der Waals surface area contributed by atoms with Crippen molar-refractivity contribution in [1.82, 2.24) is 19.6 Å². The molecule has 1 amide bonds. The van der Waals surface area contributed by atoms with Crippen molar-refractivity contribution in [3.05, 3.63) is 23.8 Å². The van der Waals surface area contributed by atoms with Crippen molar-refractivity contribution in [3.8, 4) is 0 Å². The van der Waals surface area contributed by atoms with Gasteiger partial charge >= 0.3 is 0 Å². The third kappa shape index (κ3) is 4.23. The van der Waals surface area contributed by atoms with E-state index < -0.39 is 10.0 Å². The van der Waals surface area contributed by atoms with Crippen LogP contribution in [0.5, 0.6) is 0 Å². The Kier molecular flexibility index (Phi) is 5.12. The summed E-state index contributed by atoms with van der Waals surface area (Å²) in [5.74, 6) is -0.0755. The van der Waals surface area contributed by atoms with E-state index in [0.29, 0.717) is 18.8 Å². The summed E-state index contributed by atoms with van der Waals surface area (Å²) in [6, 6.07) is -0.239. The lowest BCUT2D eigenvalue weighted by molar-refractivity contribution is 0.0778. The Hall–Kier alpha value is -1.54. The van der Waals surface area contributed by atoms with E-state index in [1.54, 1.807) is 18.0 Å². The highest BCUT2D eigenvalue weighted by Gasteiger charge is 2.36. The molecule has 0 unspecified atom stereocenters. The van der Waals surface area contributed by atoms with Gasteiger partial charge in [-0.1, -0.05) is 13.3 Å². The van der Waals surface area contributed by atoms with E-state index in [-0.39, 0.29) is 17.9 Å². The van der Waals surface area contributed by atoms with Gasteiger partial charge in [0.1, 0.15) is 5.69 Å². The topological polar surface area (TPSA) is 92.3 Å². The fourth-order valence-electron chi connectivity index (χ4n) is 2.77. The van der Waals surface area contributed by atoms with Gasteiger partial charge in [0.15, 0.2) is 0 Å². The predicted molar refractivity (Wildman–Crippen MR) is 82.8 cm³/mol. The van der Waals surface area contributed by atoms with E-state index in [9.17, 15) is 13.2 Å². The molecule has 1 fully saturated rings. The molecule has 0 aromatic carbocycles. The third-order valence-corrected chi connectivity index (χ3v) is 4.48. The second-order valence-corrected chi connectivity index (χ2v) is 7.58. The zero-order valence-corrected chi connectivity index (χ0v) is 13.9. The number of hydrogen-bond acceptors (Lipinski definition) is 5. The molecule has 0 bridgehead atoms. The Bertz CT molecular complexity index is 630. The first-order valence-electron chi connectivity index (χ1n) is 7.35. The zero-order chi connectivity index (χ0) is 16.3. The maximum atomic E-state index is 12.5. The molecule has 122 valence electrons. The molecule has 0 saturated carbocycles. The number of aryl methyl sites for hydroxylation is 1. The highest BCUT2D eigenvalue weighted by molar-refractivity contribution is 7.88. The summed E-state index contributed by atoms with van der Waals surface area (Å²) in [6.07, 6.45) is 5.98. The van der Waals surface area contributed by atoms with Gasteiger partial charge in [-0.2, -0.15) is 0 Å². The zero-order valence-electron chi connectivity index (χ0n) is 13.1. The van der Waals surface area contributed by atoms with Crippen molar-refractivity contribution in [1.29, 1.82) is 0 Å². The van der Waals surface area contributed by atoms with Crippen LogP contribution in [-0.2, 0) is 10.0 Å². The predicted octanol–water partition coefficient (Wildman–Crippen LogP) is 0.575. The molecule has 0 radical (unpaired) electrons. The maximum absolute atomic E-state index is 12.5. The Labute approximate surface area is 131 Å². The molecule has 2 rings (SSSR count). The van der Waals surface area contributed by atoms with Crippen LogP contribution in [0.4, 0.5) is 0 Å². The quantitative estimate of drug-likeness (QED) is 0.854. The molecule has 8 heteroatoms. The van der Waals surface area contributed by atoms with E-state index in [0.717, 1.165) is 24.8 Å². The van der Waals surface area contributed by atoms with Gasteiger partial charge in [-0.15, -0.1) is 0 Å². The first-order chi connectivity index (χ1) is 10.3. The molecule has 1 saturated heterocycles.